The van der Waals surface area contributed by atoms with Gasteiger partial charge in [0.2, 0.25) is 0 Å². The van der Waals surface area contributed by atoms with Crippen molar-refractivity contribution in [3.63, 3.8) is 0 Å². The second-order valence-electron chi connectivity index (χ2n) is 5.56. The summed E-state index contributed by atoms with van der Waals surface area (Å²) >= 11 is 6.16. The molecule has 2 aromatic rings. The third kappa shape index (κ3) is 6.07. The molecule has 0 aliphatic carbocycles. The summed E-state index contributed by atoms with van der Waals surface area (Å²) in [7, 11) is -3.18. The number of nitrogens with one attached hydrogen (secondary N) is 2. The largest absolute Gasteiger partial charge is 0.357 e. The van der Waals surface area contributed by atoms with Crippen molar-refractivity contribution >= 4 is 27.4 Å². The fourth-order valence-corrected chi connectivity index (χ4v) is 3.01. The van der Waals surface area contributed by atoms with Gasteiger partial charge in [0.15, 0.2) is 15.8 Å². The Kier molecular flexibility index (Phi) is 6.84. The Balaban J connectivity index is 2.03. The molecule has 2 aromatic carbocycles. The van der Waals surface area contributed by atoms with Crippen LogP contribution in [0.1, 0.15) is 18.1 Å². The summed E-state index contributed by atoms with van der Waals surface area (Å²) in [6.45, 7) is 3.75. The zero-order valence-corrected chi connectivity index (χ0v) is 15.9. The molecule has 0 aliphatic heterocycles. The van der Waals surface area contributed by atoms with Gasteiger partial charge in [-0.05, 0) is 36.2 Å². The number of nitrogens with zero attached hydrogens (tertiary/aromatic N) is 1. The number of rotatable bonds is 6. The number of hydrogen-bond acceptors (Lipinski definition) is 3. The number of guanidine groups is 1. The van der Waals surface area contributed by atoms with Crippen LogP contribution in [0.4, 0.5) is 0 Å². The van der Waals surface area contributed by atoms with Crippen molar-refractivity contribution in [3.05, 3.63) is 64.7 Å². The van der Waals surface area contributed by atoms with Gasteiger partial charge in [0.1, 0.15) is 0 Å². The average Bonchev–Trinajstić information content (AvgIpc) is 2.58. The standard InChI is InChI=1S/C18H22ClN3O2S/c1-3-20-18(22-13-15-6-4-5-7-17(15)19)21-12-14-8-10-16(11-9-14)25(2,23)24/h4-11H,3,12-13H2,1-2H3,(H2,20,21,22). The van der Waals surface area contributed by atoms with Crippen molar-refractivity contribution in [1.29, 1.82) is 0 Å². The van der Waals surface area contributed by atoms with Crippen molar-refractivity contribution in [3.8, 4) is 0 Å². The van der Waals surface area contributed by atoms with Gasteiger partial charge in [-0.3, -0.25) is 0 Å². The Hall–Kier alpha value is -2.05. The van der Waals surface area contributed by atoms with Gasteiger partial charge in [-0.25, -0.2) is 13.4 Å². The van der Waals surface area contributed by atoms with Crippen LogP contribution in [0.2, 0.25) is 5.02 Å². The zero-order chi connectivity index (χ0) is 18.3. The maximum atomic E-state index is 11.5. The fourth-order valence-electron chi connectivity index (χ4n) is 2.17. The number of hydrogen-bond donors (Lipinski definition) is 2. The van der Waals surface area contributed by atoms with Crippen LogP contribution in [0.3, 0.4) is 0 Å². The highest BCUT2D eigenvalue weighted by atomic mass is 35.5. The van der Waals surface area contributed by atoms with E-state index in [0.29, 0.717) is 29.0 Å². The summed E-state index contributed by atoms with van der Waals surface area (Å²) in [5.41, 5.74) is 1.93. The first-order chi connectivity index (χ1) is 11.9. The molecule has 5 nitrogen and oxygen atoms in total. The lowest BCUT2D eigenvalue weighted by atomic mass is 10.2. The summed E-state index contributed by atoms with van der Waals surface area (Å²) in [6, 6.07) is 14.4. The van der Waals surface area contributed by atoms with Gasteiger partial charge in [-0.2, -0.15) is 0 Å². The Morgan fingerprint density at radius 2 is 1.76 bits per heavy atom. The monoisotopic (exact) mass is 379 g/mol. The van der Waals surface area contributed by atoms with E-state index < -0.39 is 9.84 Å². The molecule has 2 N–H and O–H groups in total. The first-order valence-electron chi connectivity index (χ1n) is 7.94. The van der Waals surface area contributed by atoms with Crippen LogP contribution in [0, 0.1) is 0 Å². The molecule has 0 aromatic heterocycles. The third-order valence-electron chi connectivity index (χ3n) is 3.52. The highest BCUT2D eigenvalue weighted by Crippen LogP contribution is 2.14. The summed E-state index contributed by atoms with van der Waals surface area (Å²) in [4.78, 5) is 4.83. The molecule has 0 spiro atoms. The van der Waals surface area contributed by atoms with E-state index in [-0.39, 0.29) is 0 Å². The van der Waals surface area contributed by atoms with E-state index in [1.807, 2.05) is 31.2 Å². The molecule has 0 aliphatic rings. The second kappa shape index (κ2) is 8.87. The molecular weight excluding hydrogens is 358 g/mol. The molecule has 0 saturated heterocycles. The molecule has 0 unspecified atom stereocenters. The van der Waals surface area contributed by atoms with E-state index in [9.17, 15) is 8.42 Å². The third-order valence-corrected chi connectivity index (χ3v) is 5.02. The van der Waals surface area contributed by atoms with E-state index in [1.54, 1.807) is 24.3 Å². The van der Waals surface area contributed by atoms with Crippen LogP contribution < -0.4 is 10.6 Å². The highest BCUT2D eigenvalue weighted by molar-refractivity contribution is 7.90. The predicted molar refractivity (Wildman–Crippen MR) is 103 cm³/mol. The second-order valence-corrected chi connectivity index (χ2v) is 7.98. The van der Waals surface area contributed by atoms with Gasteiger partial charge in [0, 0.05) is 24.4 Å². The highest BCUT2D eigenvalue weighted by Gasteiger charge is 2.06. The van der Waals surface area contributed by atoms with Crippen molar-refractivity contribution in [1.82, 2.24) is 10.6 Å². The predicted octanol–water partition coefficient (Wildman–Crippen LogP) is 3.00. The quantitative estimate of drug-likeness (QED) is 0.598. The molecule has 134 valence electrons. The Morgan fingerprint density at radius 3 is 2.36 bits per heavy atom. The van der Waals surface area contributed by atoms with E-state index in [4.69, 9.17) is 11.6 Å². The summed E-state index contributed by atoms with van der Waals surface area (Å²) in [5, 5.41) is 7.13. The lowest BCUT2D eigenvalue weighted by molar-refractivity contribution is 0.602. The van der Waals surface area contributed by atoms with E-state index in [2.05, 4.69) is 15.6 Å². The number of halogens is 1. The molecule has 7 heteroatoms. The Labute approximate surface area is 154 Å². The van der Waals surface area contributed by atoms with E-state index in [1.165, 1.54) is 6.26 Å². The van der Waals surface area contributed by atoms with Crippen LogP contribution in [-0.2, 0) is 22.9 Å². The van der Waals surface area contributed by atoms with Crippen LogP contribution in [0.15, 0.2) is 58.4 Å². The number of benzene rings is 2. The van der Waals surface area contributed by atoms with Crippen LogP contribution >= 0.6 is 11.6 Å². The molecule has 0 atom stereocenters. The van der Waals surface area contributed by atoms with Gasteiger partial charge >= 0.3 is 0 Å². The van der Waals surface area contributed by atoms with Gasteiger partial charge in [0.25, 0.3) is 0 Å². The van der Waals surface area contributed by atoms with Crippen LogP contribution in [-0.4, -0.2) is 27.2 Å². The van der Waals surface area contributed by atoms with E-state index >= 15 is 0 Å². The average molecular weight is 380 g/mol. The summed E-state index contributed by atoms with van der Waals surface area (Å²) in [5.74, 6) is 0.676. The molecular formula is C18H22ClN3O2S. The summed E-state index contributed by atoms with van der Waals surface area (Å²) < 4.78 is 23.0. The first kappa shape index (κ1) is 19.3. The fraction of sp³-hybridized carbons (Fsp3) is 0.278. The Morgan fingerprint density at radius 1 is 1.08 bits per heavy atom. The van der Waals surface area contributed by atoms with E-state index in [0.717, 1.165) is 17.7 Å². The molecule has 0 fully saturated rings. The smallest absolute Gasteiger partial charge is 0.191 e. The number of aliphatic imine (C=N–C) groups is 1. The van der Waals surface area contributed by atoms with Gasteiger partial charge in [-0.1, -0.05) is 41.9 Å². The van der Waals surface area contributed by atoms with Crippen molar-refractivity contribution < 1.29 is 8.42 Å². The molecule has 0 heterocycles. The van der Waals surface area contributed by atoms with Crippen LogP contribution in [0.25, 0.3) is 0 Å². The maximum Gasteiger partial charge on any atom is 0.191 e. The number of sulfone groups is 1. The van der Waals surface area contributed by atoms with Gasteiger partial charge < -0.3 is 10.6 Å². The minimum atomic E-state index is -3.18. The first-order valence-corrected chi connectivity index (χ1v) is 10.2. The lowest BCUT2D eigenvalue weighted by Crippen LogP contribution is -2.36. The lowest BCUT2D eigenvalue weighted by Gasteiger charge is -2.12. The molecule has 0 bridgehead atoms. The van der Waals surface area contributed by atoms with Crippen LogP contribution in [0.5, 0.6) is 0 Å². The van der Waals surface area contributed by atoms with Gasteiger partial charge in [-0.15, -0.1) is 0 Å². The van der Waals surface area contributed by atoms with Crippen molar-refractivity contribution in [2.75, 3.05) is 12.8 Å². The SMILES string of the molecule is CCNC(=NCc1ccc(S(C)(=O)=O)cc1)NCc1ccccc1Cl. The molecule has 25 heavy (non-hydrogen) atoms. The van der Waals surface area contributed by atoms with Crippen molar-refractivity contribution in [2.24, 2.45) is 4.99 Å². The zero-order valence-electron chi connectivity index (χ0n) is 14.3. The minimum absolute atomic E-state index is 0.309. The molecule has 0 amide bonds. The molecule has 2 rings (SSSR count). The van der Waals surface area contributed by atoms with Gasteiger partial charge in [0.05, 0.1) is 11.4 Å². The normalized spacial score (nSPS) is 12.0. The molecule has 0 radical (unpaired) electrons. The topological polar surface area (TPSA) is 70.6 Å². The maximum absolute atomic E-state index is 11.5. The summed E-state index contributed by atoms with van der Waals surface area (Å²) in [6.07, 6.45) is 1.20. The Bertz CT molecular complexity index is 834. The minimum Gasteiger partial charge on any atom is -0.357 e. The van der Waals surface area contributed by atoms with Crippen molar-refractivity contribution in [2.45, 2.75) is 24.9 Å². The molecule has 0 saturated carbocycles.